The van der Waals surface area contributed by atoms with Crippen molar-refractivity contribution in [2.75, 3.05) is 13.2 Å². The number of rotatable bonds is 4. The largest absolute Gasteiger partial charge is 0.506 e. The normalized spacial score (nSPS) is 12.1. The number of aliphatic hydroxyl groups is 1. The lowest BCUT2D eigenvalue weighted by atomic mass is 10.1. The summed E-state index contributed by atoms with van der Waals surface area (Å²) in [6.07, 6.45) is 0. The number of nitrogens with zero attached hydrogens (tertiary/aromatic N) is 1. The molecule has 1 rings (SSSR count). The minimum atomic E-state index is -0.532. The van der Waals surface area contributed by atoms with Crippen molar-refractivity contribution in [3.63, 3.8) is 0 Å². The number of aliphatic hydroxyl groups excluding tert-OH is 1. The van der Waals surface area contributed by atoms with E-state index in [4.69, 9.17) is 22.0 Å². The summed E-state index contributed by atoms with van der Waals surface area (Å²) in [7, 11) is 0. The van der Waals surface area contributed by atoms with Gasteiger partial charge in [0.1, 0.15) is 11.8 Å². The van der Waals surface area contributed by atoms with Gasteiger partial charge in [0.2, 0.25) is 0 Å². The molecular weight excluding hydrogens is 216 g/mol. The maximum absolute atomic E-state index is 9.20. The molecule has 0 aliphatic heterocycles. The van der Waals surface area contributed by atoms with E-state index in [-0.39, 0.29) is 17.4 Å². The molecule has 0 saturated heterocycles. The lowest BCUT2D eigenvalue weighted by Crippen LogP contribution is -2.23. The van der Waals surface area contributed by atoms with Gasteiger partial charge >= 0.3 is 0 Å². The fourth-order valence-corrected chi connectivity index (χ4v) is 1.34. The Morgan fingerprint density at radius 1 is 1.53 bits per heavy atom. The van der Waals surface area contributed by atoms with Crippen LogP contribution in [0.15, 0.2) is 18.2 Å². The Labute approximate surface area is 92.7 Å². The molecule has 1 unspecified atom stereocenters. The maximum Gasteiger partial charge on any atom is 0.134 e. The summed E-state index contributed by atoms with van der Waals surface area (Å²) < 4.78 is 0. The Bertz CT molecular complexity index is 376. The molecule has 0 aliphatic rings. The van der Waals surface area contributed by atoms with E-state index in [1.54, 1.807) is 6.07 Å². The quantitative estimate of drug-likeness (QED) is 0.721. The second-order valence-electron chi connectivity index (χ2n) is 2.95. The van der Waals surface area contributed by atoms with Crippen molar-refractivity contribution in [3.8, 4) is 11.8 Å². The molecule has 0 bridgehead atoms. The van der Waals surface area contributed by atoms with Crippen LogP contribution in [0.3, 0.4) is 0 Å². The number of nitrogens with one attached hydrogen (secondary N) is 1. The third kappa shape index (κ3) is 3.10. The number of hydrogen-bond acceptors (Lipinski definition) is 4. The van der Waals surface area contributed by atoms with E-state index in [0.29, 0.717) is 12.1 Å². The van der Waals surface area contributed by atoms with Crippen molar-refractivity contribution < 1.29 is 10.2 Å². The third-order valence-corrected chi connectivity index (χ3v) is 2.20. The van der Waals surface area contributed by atoms with Gasteiger partial charge in [-0.15, -0.1) is 0 Å². The molecule has 0 aromatic heterocycles. The number of phenolic OH excluding ortho intramolecular Hbond substituents is 1. The molecule has 0 heterocycles. The van der Waals surface area contributed by atoms with Crippen LogP contribution >= 0.6 is 11.6 Å². The Balaban J connectivity index is 2.84. The predicted molar refractivity (Wildman–Crippen MR) is 56.6 cm³/mol. The average Bonchev–Trinajstić information content (AvgIpc) is 2.24. The lowest BCUT2D eigenvalue weighted by Gasteiger charge is -2.11. The van der Waals surface area contributed by atoms with E-state index < -0.39 is 6.04 Å². The predicted octanol–water partition coefficient (Wildman–Crippen LogP) is 1.19. The van der Waals surface area contributed by atoms with Gasteiger partial charge in [0.15, 0.2) is 0 Å². The van der Waals surface area contributed by atoms with Crippen LogP contribution < -0.4 is 5.32 Å². The molecule has 0 aliphatic carbocycles. The fraction of sp³-hybridized carbons (Fsp3) is 0.300. The van der Waals surface area contributed by atoms with E-state index in [9.17, 15) is 5.11 Å². The highest BCUT2D eigenvalue weighted by Gasteiger charge is 2.10. The molecule has 0 radical (unpaired) electrons. The smallest absolute Gasteiger partial charge is 0.134 e. The van der Waals surface area contributed by atoms with Gasteiger partial charge in [0, 0.05) is 6.54 Å². The Kier molecular flexibility index (Phi) is 4.37. The second kappa shape index (κ2) is 5.56. The molecular formula is C10H11ClN2O2. The first kappa shape index (κ1) is 11.8. The van der Waals surface area contributed by atoms with E-state index >= 15 is 0 Å². The molecule has 0 spiro atoms. The van der Waals surface area contributed by atoms with E-state index in [1.807, 2.05) is 6.07 Å². The number of phenols is 1. The molecule has 0 saturated carbocycles. The van der Waals surface area contributed by atoms with Gasteiger partial charge in [0.05, 0.1) is 17.7 Å². The number of hydrogen-bond donors (Lipinski definition) is 3. The van der Waals surface area contributed by atoms with Gasteiger partial charge in [0.25, 0.3) is 0 Å². The highest BCUT2D eigenvalue weighted by atomic mass is 35.5. The van der Waals surface area contributed by atoms with Gasteiger partial charge < -0.3 is 10.2 Å². The van der Waals surface area contributed by atoms with E-state index in [1.165, 1.54) is 12.1 Å². The zero-order chi connectivity index (χ0) is 11.3. The van der Waals surface area contributed by atoms with Gasteiger partial charge in [-0.25, -0.2) is 0 Å². The third-order valence-electron chi connectivity index (χ3n) is 1.89. The van der Waals surface area contributed by atoms with Gasteiger partial charge in [-0.1, -0.05) is 17.7 Å². The summed E-state index contributed by atoms with van der Waals surface area (Å²) in [6, 6.07) is 6.07. The summed E-state index contributed by atoms with van der Waals surface area (Å²) in [5.74, 6) is -0.0146. The minimum Gasteiger partial charge on any atom is -0.506 e. The van der Waals surface area contributed by atoms with E-state index in [0.717, 1.165) is 0 Å². The van der Waals surface area contributed by atoms with Crippen LogP contribution in [-0.2, 0) is 0 Å². The van der Waals surface area contributed by atoms with Crippen LogP contribution in [0.2, 0.25) is 5.02 Å². The van der Waals surface area contributed by atoms with Crippen LogP contribution in [0.1, 0.15) is 11.6 Å². The Morgan fingerprint density at radius 2 is 2.27 bits per heavy atom. The van der Waals surface area contributed by atoms with Crippen LogP contribution in [0.25, 0.3) is 0 Å². The summed E-state index contributed by atoms with van der Waals surface area (Å²) in [5.41, 5.74) is 0.661. The highest BCUT2D eigenvalue weighted by molar-refractivity contribution is 6.32. The Hall–Kier alpha value is -1.28. The first-order chi connectivity index (χ1) is 7.19. The first-order valence-corrected chi connectivity index (χ1v) is 4.79. The number of aromatic hydroxyl groups is 1. The maximum atomic E-state index is 9.20. The fourth-order valence-electron chi connectivity index (χ4n) is 1.15. The standard InChI is InChI=1S/C10H11ClN2O2/c11-8-5-7(1-2-10(8)15)9(6-12)13-3-4-14/h1-2,5,9,13-15H,3-4H2. The summed E-state index contributed by atoms with van der Waals surface area (Å²) in [6.45, 7) is 0.292. The SMILES string of the molecule is N#CC(NCCO)c1ccc(O)c(Cl)c1. The van der Waals surface area contributed by atoms with Gasteiger partial charge in [-0.05, 0) is 17.7 Å². The van der Waals surface area contributed by atoms with Crippen molar-refractivity contribution in [3.05, 3.63) is 28.8 Å². The molecule has 0 amide bonds. The number of halogens is 1. The molecule has 5 heteroatoms. The zero-order valence-corrected chi connectivity index (χ0v) is 8.70. The number of nitriles is 1. The summed E-state index contributed by atoms with van der Waals surface area (Å²) >= 11 is 5.71. The molecule has 15 heavy (non-hydrogen) atoms. The van der Waals surface area contributed by atoms with Crippen LogP contribution in [-0.4, -0.2) is 23.4 Å². The van der Waals surface area contributed by atoms with Crippen molar-refractivity contribution in [2.45, 2.75) is 6.04 Å². The molecule has 1 atom stereocenters. The monoisotopic (exact) mass is 226 g/mol. The van der Waals surface area contributed by atoms with Gasteiger partial charge in [-0.3, -0.25) is 5.32 Å². The summed E-state index contributed by atoms with van der Waals surface area (Å²) in [4.78, 5) is 0. The van der Waals surface area contributed by atoms with Crippen molar-refractivity contribution in [1.29, 1.82) is 5.26 Å². The molecule has 80 valence electrons. The first-order valence-electron chi connectivity index (χ1n) is 4.41. The summed E-state index contributed by atoms with van der Waals surface area (Å²) in [5, 5.41) is 29.7. The lowest BCUT2D eigenvalue weighted by molar-refractivity contribution is 0.289. The van der Waals surface area contributed by atoms with Crippen LogP contribution in [0, 0.1) is 11.3 Å². The Morgan fingerprint density at radius 3 is 2.80 bits per heavy atom. The van der Waals surface area contributed by atoms with Gasteiger partial charge in [-0.2, -0.15) is 5.26 Å². The minimum absolute atomic E-state index is 0.0146. The zero-order valence-electron chi connectivity index (χ0n) is 7.94. The average molecular weight is 227 g/mol. The van der Waals surface area contributed by atoms with E-state index in [2.05, 4.69) is 5.32 Å². The van der Waals surface area contributed by atoms with Crippen molar-refractivity contribution in [2.24, 2.45) is 0 Å². The molecule has 4 nitrogen and oxygen atoms in total. The molecule has 0 fully saturated rings. The topological polar surface area (TPSA) is 76.3 Å². The van der Waals surface area contributed by atoms with Crippen LogP contribution in [0.5, 0.6) is 5.75 Å². The molecule has 3 N–H and O–H groups in total. The molecule has 1 aromatic rings. The highest BCUT2D eigenvalue weighted by Crippen LogP contribution is 2.26. The van der Waals surface area contributed by atoms with Crippen LogP contribution in [0.4, 0.5) is 0 Å². The second-order valence-corrected chi connectivity index (χ2v) is 3.36. The molecule has 1 aromatic carbocycles. The number of benzene rings is 1. The van der Waals surface area contributed by atoms with Crippen molar-refractivity contribution >= 4 is 11.6 Å². The van der Waals surface area contributed by atoms with Crippen molar-refractivity contribution in [1.82, 2.24) is 5.32 Å².